The molecule has 2 rings (SSSR count). The molecule has 42 heavy (non-hydrogen) atoms. The number of carbonyl (C=O) groups excluding carboxylic acids is 4. The van der Waals surface area contributed by atoms with Gasteiger partial charge in [-0.05, 0) is 49.4 Å². The van der Waals surface area contributed by atoms with E-state index in [-0.39, 0.29) is 34.9 Å². The van der Waals surface area contributed by atoms with Crippen LogP contribution < -0.4 is 16.4 Å². The molecule has 0 aliphatic heterocycles. The van der Waals surface area contributed by atoms with Gasteiger partial charge in [-0.25, -0.2) is 0 Å². The first kappa shape index (κ1) is 34.4. The van der Waals surface area contributed by atoms with E-state index in [9.17, 15) is 29.4 Å². The lowest BCUT2D eigenvalue weighted by atomic mass is 9.91. The predicted octanol–water partition coefficient (Wildman–Crippen LogP) is 2.81. The fraction of sp³-hybridized carbons (Fsp3) is 0.500. The minimum atomic E-state index is -1.45. The van der Waals surface area contributed by atoms with Gasteiger partial charge >= 0.3 is 0 Å². The molecule has 4 amide bonds. The highest BCUT2D eigenvalue weighted by molar-refractivity contribution is 6.04. The number of benzene rings is 2. The number of aliphatic hydroxyl groups is 2. The van der Waals surface area contributed by atoms with Crippen molar-refractivity contribution in [1.82, 2.24) is 15.5 Å². The third-order valence-corrected chi connectivity index (χ3v) is 7.05. The molecular weight excluding hydrogens is 536 g/mol. The topological polar surface area (TPSA) is 162 Å². The smallest absolute Gasteiger partial charge is 0.253 e. The van der Waals surface area contributed by atoms with E-state index < -0.39 is 36.1 Å². The van der Waals surface area contributed by atoms with Gasteiger partial charge in [-0.1, -0.05) is 63.9 Å². The largest absolute Gasteiger partial charge is 0.388 e. The summed E-state index contributed by atoms with van der Waals surface area (Å²) < 4.78 is 0. The number of unbranched alkanes of at least 4 members (excludes halogenated alkanes) is 1. The van der Waals surface area contributed by atoms with Gasteiger partial charge in [0.15, 0.2) is 0 Å². The Balaban J connectivity index is 2.45. The lowest BCUT2D eigenvalue weighted by Gasteiger charge is -2.33. The van der Waals surface area contributed by atoms with Gasteiger partial charge in [0.25, 0.3) is 11.8 Å². The predicted molar refractivity (Wildman–Crippen MR) is 162 cm³/mol. The summed E-state index contributed by atoms with van der Waals surface area (Å²) in [4.78, 5) is 52.6. The summed E-state index contributed by atoms with van der Waals surface area (Å²) >= 11 is 0. The van der Waals surface area contributed by atoms with E-state index in [1.54, 1.807) is 4.90 Å². The number of aliphatic hydroxyl groups excluding tert-OH is 2. The van der Waals surface area contributed by atoms with Gasteiger partial charge in [-0.3, -0.25) is 19.2 Å². The fourth-order valence-electron chi connectivity index (χ4n) is 4.93. The summed E-state index contributed by atoms with van der Waals surface area (Å²) in [6, 6.07) is 11.6. The van der Waals surface area contributed by atoms with Gasteiger partial charge < -0.3 is 31.5 Å². The van der Waals surface area contributed by atoms with E-state index in [2.05, 4.69) is 10.6 Å². The van der Waals surface area contributed by atoms with Crippen LogP contribution in [0.1, 0.15) is 96.4 Å². The number of hydrogen-bond acceptors (Lipinski definition) is 6. The van der Waals surface area contributed by atoms with Crippen molar-refractivity contribution in [2.24, 2.45) is 5.73 Å². The molecular formula is C32H46N4O6. The Hall–Kier alpha value is -3.76. The number of nitrogens with one attached hydrogen (secondary N) is 2. The van der Waals surface area contributed by atoms with Crippen molar-refractivity contribution < 1.29 is 29.4 Å². The van der Waals surface area contributed by atoms with Gasteiger partial charge in [0.1, 0.15) is 12.2 Å². The highest BCUT2D eigenvalue weighted by atomic mass is 16.3. The lowest BCUT2D eigenvalue weighted by molar-refractivity contribution is -0.121. The van der Waals surface area contributed by atoms with Gasteiger partial charge in [0.05, 0.1) is 12.1 Å². The molecule has 4 atom stereocenters. The summed E-state index contributed by atoms with van der Waals surface area (Å²) in [6.07, 6.45) is 0.823. The van der Waals surface area contributed by atoms with Crippen LogP contribution in [-0.4, -0.2) is 76.1 Å². The van der Waals surface area contributed by atoms with E-state index in [1.807, 2.05) is 51.1 Å². The summed E-state index contributed by atoms with van der Waals surface area (Å²) in [5, 5.41) is 28.0. The van der Waals surface area contributed by atoms with Crippen molar-refractivity contribution in [3.8, 4) is 0 Å². The van der Waals surface area contributed by atoms with Crippen LogP contribution >= 0.6 is 0 Å². The van der Waals surface area contributed by atoms with Crippen LogP contribution in [0.3, 0.4) is 0 Å². The van der Waals surface area contributed by atoms with Crippen LogP contribution in [0.5, 0.6) is 0 Å². The van der Waals surface area contributed by atoms with Crippen molar-refractivity contribution in [3.05, 3.63) is 70.8 Å². The number of nitrogens with zero attached hydrogens (tertiary/aromatic N) is 1. The number of primary amides is 1. The summed E-state index contributed by atoms with van der Waals surface area (Å²) in [5.74, 6) is -2.10. The number of amides is 4. The highest BCUT2D eigenvalue weighted by Crippen LogP contribution is 2.18. The summed E-state index contributed by atoms with van der Waals surface area (Å²) in [5.41, 5.74) is 6.53. The second kappa shape index (κ2) is 17.3. The third kappa shape index (κ3) is 10.3. The van der Waals surface area contributed by atoms with E-state index >= 15 is 0 Å². The zero-order valence-corrected chi connectivity index (χ0v) is 25.1. The number of nitrogens with two attached hydrogens (primary N) is 1. The van der Waals surface area contributed by atoms with Gasteiger partial charge in [-0.2, -0.15) is 0 Å². The van der Waals surface area contributed by atoms with Crippen molar-refractivity contribution in [3.63, 3.8) is 0 Å². The first-order valence-electron chi connectivity index (χ1n) is 14.7. The van der Waals surface area contributed by atoms with Crippen molar-refractivity contribution in [2.75, 3.05) is 13.1 Å². The summed E-state index contributed by atoms with van der Waals surface area (Å²) in [6.45, 7) is 8.28. The molecule has 0 spiro atoms. The van der Waals surface area contributed by atoms with Gasteiger partial charge in [-0.15, -0.1) is 0 Å². The molecule has 0 radical (unpaired) electrons. The van der Waals surface area contributed by atoms with Crippen molar-refractivity contribution in [2.45, 2.75) is 90.5 Å². The Bertz CT molecular complexity index is 1180. The minimum absolute atomic E-state index is 0.00410. The molecule has 2 aromatic carbocycles. The Labute approximate surface area is 248 Å². The Kier molecular flexibility index (Phi) is 14.1. The van der Waals surface area contributed by atoms with E-state index in [4.69, 9.17) is 5.73 Å². The monoisotopic (exact) mass is 582 g/mol. The Morgan fingerprint density at radius 1 is 0.810 bits per heavy atom. The van der Waals surface area contributed by atoms with Crippen LogP contribution in [0.25, 0.3) is 0 Å². The SMILES string of the molecule is CCCCC(NC(C)=O)C(O)C(O)C(Cc1ccccc1)NC(=O)c1cc(C(N)=O)cc(C(=O)N(CCC)CCC)c1. The molecule has 230 valence electrons. The Morgan fingerprint density at radius 3 is 1.93 bits per heavy atom. The molecule has 0 saturated heterocycles. The highest BCUT2D eigenvalue weighted by Gasteiger charge is 2.34. The molecule has 0 aromatic heterocycles. The van der Waals surface area contributed by atoms with Gasteiger partial charge in [0.2, 0.25) is 11.8 Å². The molecule has 6 N–H and O–H groups in total. The van der Waals surface area contributed by atoms with Gasteiger partial charge in [0, 0.05) is 36.7 Å². The molecule has 0 aliphatic rings. The zero-order valence-electron chi connectivity index (χ0n) is 25.1. The molecule has 0 aliphatic carbocycles. The maximum atomic E-state index is 13.6. The standard InChI is InChI=1S/C32H46N4O6/c1-5-8-14-26(34-21(4)37)28(38)29(39)27(17-22-12-10-9-11-13-22)35-31(41)24-18-23(30(33)40)19-25(20-24)32(42)36(15-6-2)16-7-3/h9-13,18-20,26-29,38-39H,5-8,14-17H2,1-4H3,(H2,33,40)(H,34,37)(H,35,41). The first-order valence-corrected chi connectivity index (χ1v) is 14.7. The number of carbonyl (C=O) groups is 4. The molecule has 0 heterocycles. The molecule has 4 unspecified atom stereocenters. The quantitative estimate of drug-likeness (QED) is 0.193. The maximum absolute atomic E-state index is 13.6. The molecule has 10 nitrogen and oxygen atoms in total. The Morgan fingerprint density at radius 2 is 1.38 bits per heavy atom. The maximum Gasteiger partial charge on any atom is 0.253 e. The van der Waals surface area contributed by atoms with Crippen LogP contribution in [0.2, 0.25) is 0 Å². The molecule has 0 fully saturated rings. The normalized spacial score (nSPS) is 13.9. The molecule has 0 bridgehead atoms. The van der Waals surface area contributed by atoms with Crippen LogP contribution in [0.4, 0.5) is 0 Å². The van der Waals surface area contributed by atoms with E-state index in [0.717, 1.165) is 24.8 Å². The first-order chi connectivity index (χ1) is 20.0. The number of rotatable bonds is 17. The number of hydrogen-bond donors (Lipinski definition) is 5. The second-order valence-electron chi connectivity index (χ2n) is 10.7. The van der Waals surface area contributed by atoms with Crippen molar-refractivity contribution in [1.29, 1.82) is 0 Å². The van der Waals surface area contributed by atoms with E-state index in [0.29, 0.717) is 25.9 Å². The zero-order chi connectivity index (χ0) is 31.2. The van der Waals surface area contributed by atoms with E-state index in [1.165, 1.54) is 25.1 Å². The average Bonchev–Trinajstić information content (AvgIpc) is 2.97. The molecule has 0 saturated carbocycles. The fourth-order valence-corrected chi connectivity index (χ4v) is 4.93. The average molecular weight is 583 g/mol. The van der Waals surface area contributed by atoms with Crippen LogP contribution in [-0.2, 0) is 11.2 Å². The van der Waals surface area contributed by atoms with Crippen LogP contribution in [0, 0.1) is 0 Å². The second-order valence-corrected chi connectivity index (χ2v) is 10.7. The molecule has 10 heteroatoms. The third-order valence-electron chi connectivity index (χ3n) is 7.05. The van der Waals surface area contributed by atoms with Crippen LogP contribution in [0.15, 0.2) is 48.5 Å². The molecule has 2 aromatic rings. The lowest BCUT2D eigenvalue weighted by Crippen LogP contribution is -2.56. The minimum Gasteiger partial charge on any atom is -0.388 e. The van der Waals surface area contributed by atoms with Crippen molar-refractivity contribution >= 4 is 23.6 Å². The summed E-state index contributed by atoms with van der Waals surface area (Å²) in [7, 11) is 0.